The summed E-state index contributed by atoms with van der Waals surface area (Å²) in [5.41, 5.74) is 5.90. The summed E-state index contributed by atoms with van der Waals surface area (Å²) in [6.45, 7) is 12.0. The maximum Gasteiger partial charge on any atom is 0.279 e. The van der Waals surface area contributed by atoms with E-state index in [1.54, 1.807) is 0 Å². The first-order valence-corrected chi connectivity index (χ1v) is 8.93. The average molecular weight is 340 g/mol. The van der Waals surface area contributed by atoms with E-state index in [9.17, 15) is 4.79 Å². The van der Waals surface area contributed by atoms with Gasteiger partial charge in [-0.3, -0.25) is 4.79 Å². The fourth-order valence-corrected chi connectivity index (χ4v) is 3.00. The number of benzene rings is 2. The molecule has 0 aliphatic carbocycles. The lowest BCUT2D eigenvalue weighted by Gasteiger charge is -2.20. The van der Waals surface area contributed by atoms with Crippen LogP contribution < -0.4 is 10.2 Å². The van der Waals surface area contributed by atoms with E-state index in [-0.39, 0.29) is 11.3 Å². The standard InChI is InChI=1S/C22H30N2O/c1-16-8-7-9-17(2)21(16)23-20(25)15-24(6)14-18-10-12-19(13-11-18)22(3,4)5/h7-13H,14-15H2,1-6H3,(H,23,25)/p+1. The number of quaternary nitrogens is 1. The third-order valence-corrected chi connectivity index (χ3v) is 4.53. The molecule has 0 saturated carbocycles. The molecule has 0 radical (unpaired) electrons. The van der Waals surface area contributed by atoms with E-state index in [1.165, 1.54) is 16.0 Å². The molecule has 0 fully saturated rings. The van der Waals surface area contributed by atoms with Crippen LogP contribution in [0.2, 0.25) is 0 Å². The van der Waals surface area contributed by atoms with Crippen LogP contribution in [-0.2, 0) is 16.8 Å². The number of rotatable bonds is 5. The number of carbonyl (C=O) groups excluding carboxylic acids is 1. The highest BCUT2D eigenvalue weighted by atomic mass is 16.2. The van der Waals surface area contributed by atoms with Crippen LogP contribution in [0.15, 0.2) is 42.5 Å². The van der Waals surface area contributed by atoms with E-state index >= 15 is 0 Å². The largest absolute Gasteiger partial charge is 0.326 e. The Morgan fingerprint density at radius 2 is 1.56 bits per heavy atom. The molecule has 0 heterocycles. The minimum Gasteiger partial charge on any atom is -0.326 e. The van der Waals surface area contributed by atoms with Crippen LogP contribution in [0.3, 0.4) is 0 Å². The molecular formula is C22H31N2O+. The van der Waals surface area contributed by atoms with Gasteiger partial charge in [0.05, 0.1) is 7.05 Å². The second kappa shape index (κ2) is 7.83. The van der Waals surface area contributed by atoms with Gasteiger partial charge < -0.3 is 10.2 Å². The molecule has 134 valence electrons. The molecule has 2 N–H and O–H groups in total. The summed E-state index contributed by atoms with van der Waals surface area (Å²) in [6.07, 6.45) is 0. The third-order valence-electron chi connectivity index (χ3n) is 4.53. The molecule has 2 aromatic carbocycles. The van der Waals surface area contributed by atoms with Crippen LogP contribution in [0.5, 0.6) is 0 Å². The zero-order chi connectivity index (χ0) is 18.6. The van der Waals surface area contributed by atoms with Crippen molar-refractivity contribution in [2.75, 3.05) is 18.9 Å². The van der Waals surface area contributed by atoms with E-state index in [2.05, 4.69) is 57.4 Å². The van der Waals surface area contributed by atoms with Crippen molar-refractivity contribution in [3.05, 3.63) is 64.7 Å². The van der Waals surface area contributed by atoms with Gasteiger partial charge in [0.1, 0.15) is 6.54 Å². The molecule has 0 aliphatic rings. The fourth-order valence-electron chi connectivity index (χ4n) is 3.00. The first-order valence-electron chi connectivity index (χ1n) is 8.93. The van der Waals surface area contributed by atoms with E-state index in [0.717, 1.165) is 23.4 Å². The normalized spacial score (nSPS) is 12.7. The van der Waals surface area contributed by atoms with Crippen molar-refractivity contribution in [1.29, 1.82) is 0 Å². The molecule has 25 heavy (non-hydrogen) atoms. The summed E-state index contributed by atoms with van der Waals surface area (Å²) >= 11 is 0. The molecule has 0 bridgehead atoms. The van der Waals surface area contributed by atoms with Crippen molar-refractivity contribution in [3.63, 3.8) is 0 Å². The minimum absolute atomic E-state index is 0.0567. The lowest BCUT2D eigenvalue weighted by Crippen LogP contribution is -3.08. The summed E-state index contributed by atoms with van der Waals surface area (Å²) in [7, 11) is 2.06. The second-order valence-corrected chi connectivity index (χ2v) is 8.07. The van der Waals surface area contributed by atoms with Gasteiger partial charge >= 0.3 is 0 Å². The van der Waals surface area contributed by atoms with Crippen molar-refractivity contribution in [3.8, 4) is 0 Å². The van der Waals surface area contributed by atoms with E-state index in [4.69, 9.17) is 0 Å². The van der Waals surface area contributed by atoms with Crippen molar-refractivity contribution < 1.29 is 9.69 Å². The molecule has 1 atom stereocenters. The third kappa shape index (κ3) is 5.43. The van der Waals surface area contributed by atoms with Gasteiger partial charge in [-0.1, -0.05) is 63.2 Å². The maximum absolute atomic E-state index is 12.4. The number of hydrogen-bond acceptors (Lipinski definition) is 1. The molecule has 2 rings (SSSR count). The number of hydrogen-bond donors (Lipinski definition) is 2. The number of aryl methyl sites for hydroxylation is 2. The van der Waals surface area contributed by atoms with E-state index in [1.807, 2.05) is 32.0 Å². The van der Waals surface area contributed by atoms with Crippen LogP contribution >= 0.6 is 0 Å². The van der Waals surface area contributed by atoms with Crippen LogP contribution in [0.1, 0.15) is 43.0 Å². The highest BCUT2D eigenvalue weighted by molar-refractivity contribution is 5.93. The number of anilines is 1. The molecule has 1 amide bonds. The van der Waals surface area contributed by atoms with Crippen molar-refractivity contribution in [1.82, 2.24) is 0 Å². The lowest BCUT2D eigenvalue weighted by molar-refractivity contribution is -0.885. The predicted octanol–water partition coefficient (Wildman–Crippen LogP) is 3.25. The minimum atomic E-state index is 0.0567. The lowest BCUT2D eigenvalue weighted by atomic mass is 9.87. The van der Waals surface area contributed by atoms with E-state index < -0.39 is 0 Å². The van der Waals surface area contributed by atoms with Gasteiger partial charge in [-0.2, -0.15) is 0 Å². The smallest absolute Gasteiger partial charge is 0.279 e. The molecule has 3 nitrogen and oxygen atoms in total. The van der Waals surface area contributed by atoms with Crippen LogP contribution in [0, 0.1) is 13.8 Å². The Balaban J connectivity index is 1.93. The zero-order valence-electron chi connectivity index (χ0n) is 16.4. The molecular weight excluding hydrogens is 308 g/mol. The highest BCUT2D eigenvalue weighted by Gasteiger charge is 2.15. The Hall–Kier alpha value is -2.13. The van der Waals surface area contributed by atoms with Gasteiger partial charge in [0.15, 0.2) is 6.54 Å². The molecule has 0 aliphatic heterocycles. The Kier molecular flexibility index (Phi) is 6.02. The SMILES string of the molecule is Cc1cccc(C)c1NC(=O)C[NH+](C)Cc1ccc(C(C)(C)C)cc1. The van der Waals surface area contributed by atoms with Crippen molar-refractivity contribution >= 4 is 11.6 Å². The van der Waals surface area contributed by atoms with Crippen LogP contribution in [0.4, 0.5) is 5.69 Å². The van der Waals surface area contributed by atoms with Gasteiger partial charge in [-0.25, -0.2) is 0 Å². The Morgan fingerprint density at radius 1 is 1.00 bits per heavy atom. The maximum atomic E-state index is 12.4. The van der Waals surface area contributed by atoms with Gasteiger partial charge in [0.2, 0.25) is 0 Å². The molecule has 0 spiro atoms. The molecule has 0 aromatic heterocycles. The van der Waals surface area contributed by atoms with Gasteiger partial charge in [0, 0.05) is 11.3 Å². The van der Waals surface area contributed by atoms with Crippen LogP contribution in [0.25, 0.3) is 0 Å². The monoisotopic (exact) mass is 339 g/mol. The van der Waals surface area contributed by atoms with E-state index in [0.29, 0.717) is 6.54 Å². The molecule has 1 unspecified atom stereocenters. The zero-order valence-corrected chi connectivity index (χ0v) is 16.4. The summed E-state index contributed by atoms with van der Waals surface area (Å²) in [6, 6.07) is 14.8. The predicted molar refractivity (Wildman–Crippen MR) is 105 cm³/mol. The molecule has 0 saturated heterocycles. The van der Waals surface area contributed by atoms with Gasteiger partial charge in [-0.15, -0.1) is 0 Å². The number of nitrogens with one attached hydrogen (secondary N) is 2. The number of carbonyl (C=O) groups is 1. The Labute approximate surface area is 152 Å². The summed E-state index contributed by atoms with van der Waals surface area (Å²) < 4.78 is 0. The van der Waals surface area contributed by atoms with Gasteiger partial charge in [0.25, 0.3) is 5.91 Å². The number of para-hydroxylation sites is 1. The second-order valence-electron chi connectivity index (χ2n) is 8.07. The molecule has 2 aromatic rings. The Morgan fingerprint density at radius 3 is 2.08 bits per heavy atom. The van der Waals surface area contributed by atoms with Crippen molar-refractivity contribution in [2.45, 2.75) is 46.6 Å². The average Bonchev–Trinajstić information content (AvgIpc) is 2.50. The highest BCUT2D eigenvalue weighted by Crippen LogP contribution is 2.22. The topological polar surface area (TPSA) is 33.5 Å². The number of likely N-dealkylation sites (N-methyl/N-ethyl adjacent to an activating group) is 1. The summed E-state index contributed by atoms with van der Waals surface area (Å²) in [4.78, 5) is 13.5. The molecule has 3 heteroatoms. The van der Waals surface area contributed by atoms with Crippen LogP contribution in [-0.4, -0.2) is 19.5 Å². The quantitative estimate of drug-likeness (QED) is 0.861. The van der Waals surface area contributed by atoms with Crippen molar-refractivity contribution in [2.24, 2.45) is 0 Å². The van der Waals surface area contributed by atoms with Gasteiger partial charge in [-0.05, 0) is 36.0 Å². The fraction of sp³-hybridized carbons (Fsp3) is 0.409. The summed E-state index contributed by atoms with van der Waals surface area (Å²) in [5, 5.41) is 3.06. The summed E-state index contributed by atoms with van der Waals surface area (Å²) in [5.74, 6) is 0.0567. The number of amides is 1. The first-order chi connectivity index (χ1) is 11.7. The first kappa shape index (κ1) is 19.2. The Bertz CT molecular complexity index is 706.